The molecule has 3 aromatic heterocycles. The van der Waals surface area contributed by atoms with E-state index in [1.54, 1.807) is 34.8 Å². The van der Waals surface area contributed by atoms with Gasteiger partial charge < -0.3 is 9.73 Å². The van der Waals surface area contributed by atoms with Gasteiger partial charge in [0.25, 0.3) is 5.91 Å². The van der Waals surface area contributed by atoms with E-state index in [0.717, 1.165) is 27.8 Å². The molecule has 0 atom stereocenters. The van der Waals surface area contributed by atoms with Crippen LogP contribution in [0.1, 0.15) is 23.3 Å². The zero-order valence-electron chi connectivity index (χ0n) is 16.7. The minimum atomic E-state index is -0.367. The van der Waals surface area contributed by atoms with Gasteiger partial charge >= 0.3 is 0 Å². The zero-order valence-corrected chi connectivity index (χ0v) is 19.0. The molecule has 0 radical (unpaired) electrons. The van der Waals surface area contributed by atoms with Crippen LogP contribution < -0.4 is 5.32 Å². The van der Waals surface area contributed by atoms with Crippen molar-refractivity contribution in [3.05, 3.63) is 76.2 Å². The summed E-state index contributed by atoms with van der Waals surface area (Å²) in [6.45, 7) is 2.01. The Bertz CT molecular complexity index is 1440. The molecular weight excluding hydrogens is 469 g/mol. The lowest BCUT2D eigenvalue weighted by Gasteiger charge is -2.04. The number of carbonyl (C=O) groups is 1. The number of anilines is 1. The van der Waals surface area contributed by atoms with Crippen LogP contribution in [0.4, 0.5) is 5.69 Å². The number of carbonyl (C=O) groups excluding carboxylic acids is 1. The second-order valence-electron chi connectivity index (χ2n) is 6.89. The van der Waals surface area contributed by atoms with Gasteiger partial charge in [-0.25, -0.2) is 0 Å². The fourth-order valence-electron chi connectivity index (χ4n) is 3.17. The van der Waals surface area contributed by atoms with Crippen molar-refractivity contribution >= 4 is 51.1 Å². The van der Waals surface area contributed by atoms with Gasteiger partial charge in [0, 0.05) is 28.3 Å². The summed E-state index contributed by atoms with van der Waals surface area (Å²) in [7, 11) is 0. The molecule has 0 fully saturated rings. The number of halogens is 2. The van der Waals surface area contributed by atoms with Crippen molar-refractivity contribution in [3.8, 4) is 21.9 Å². The highest BCUT2D eigenvalue weighted by atomic mass is 35.5. The predicted molar refractivity (Wildman–Crippen MR) is 126 cm³/mol. The number of hydrogen-bond acceptors (Lipinski definition) is 6. The summed E-state index contributed by atoms with van der Waals surface area (Å²) >= 11 is 13.7. The third-order valence-electron chi connectivity index (χ3n) is 4.79. The average Bonchev–Trinajstić information content (AvgIpc) is 3.52. The van der Waals surface area contributed by atoms with Crippen molar-refractivity contribution in [3.63, 3.8) is 0 Å². The van der Waals surface area contributed by atoms with Crippen LogP contribution >= 0.6 is 34.5 Å². The van der Waals surface area contributed by atoms with Gasteiger partial charge in [0.15, 0.2) is 11.6 Å². The largest absolute Gasteiger partial charge is 0.451 e. The SMILES string of the molecule is CCc1nnc2sc(-c3ccc(NC(=O)c4ccc(-c5cc(Cl)ccc5Cl)o4)cc3)nn12. The molecule has 0 unspecified atom stereocenters. The normalized spacial score (nSPS) is 11.2. The van der Waals surface area contributed by atoms with Gasteiger partial charge in [-0.2, -0.15) is 9.61 Å². The number of benzene rings is 2. The highest BCUT2D eigenvalue weighted by Gasteiger charge is 2.16. The molecule has 3 heterocycles. The number of nitrogens with zero attached hydrogens (tertiary/aromatic N) is 4. The molecule has 5 aromatic rings. The molecule has 0 aliphatic carbocycles. The zero-order chi connectivity index (χ0) is 22.2. The first-order valence-corrected chi connectivity index (χ1v) is 11.3. The smallest absolute Gasteiger partial charge is 0.291 e. The highest BCUT2D eigenvalue weighted by Crippen LogP contribution is 2.32. The third kappa shape index (κ3) is 3.88. The van der Waals surface area contributed by atoms with E-state index < -0.39 is 0 Å². The van der Waals surface area contributed by atoms with Gasteiger partial charge in [-0.15, -0.1) is 10.2 Å². The fourth-order valence-corrected chi connectivity index (χ4v) is 4.42. The molecule has 1 amide bonds. The molecular formula is C22H15Cl2N5O2S. The molecule has 160 valence electrons. The lowest BCUT2D eigenvalue weighted by molar-refractivity contribution is 0.0997. The minimum absolute atomic E-state index is 0.167. The molecule has 32 heavy (non-hydrogen) atoms. The van der Waals surface area contributed by atoms with Crippen LogP contribution in [0.15, 0.2) is 59.0 Å². The maximum atomic E-state index is 12.6. The molecule has 1 N–H and O–H groups in total. The summed E-state index contributed by atoms with van der Waals surface area (Å²) in [6, 6.07) is 15.8. The Balaban J connectivity index is 1.32. The Morgan fingerprint density at radius 2 is 1.91 bits per heavy atom. The molecule has 0 bridgehead atoms. The second-order valence-corrected chi connectivity index (χ2v) is 8.69. The third-order valence-corrected chi connectivity index (χ3v) is 6.30. The predicted octanol–water partition coefficient (Wildman–Crippen LogP) is 6.23. The molecule has 10 heteroatoms. The van der Waals surface area contributed by atoms with Gasteiger partial charge in [0.05, 0.1) is 5.02 Å². The van der Waals surface area contributed by atoms with Crippen LogP contribution in [-0.4, -0.2) is 25.7 Å². The van der Waals surface area contributed by atoms with Crippen LogP contribution in [0.5, 0.6) is 0 Å². The quantitative estimate of drug-likeness (QED) is 0.320. The fraction of sp³-hybridized carbons (Fsp3) is 0.0909. The Morgan fingerprint density at radius 3 is 2.69 bits per heavy atom. The van der Waals surface area contributed by atoms with Gasteiger partial charge in [0.2, 0.25) is 4.96 Å². The first-order valence-electron chi connectivity index (χ1n) is 9.70. The molecule has 7 nitrogen and oxygen atoms in total. The second kappa shape index (κ2) is 8.38. The number of aromatic nitrogens is 4. The Kier molecular flexibility index (Phi) is 5.42. The number of nitrogens with one attached hydrogen (secondary N) is 1. The van der Waals surface area contributed by atoms with Gasteiger partial charge in [0.1, 0.15) is 10.8 Å². The van der Waals surface area contributed by atoms with Crippen molar-refractivity contribution < 1.29 is 9.21 Å². The van der Waals surface area contributed by atoms with Crippen molar-refractivity contribution in [2.75, 3.05) is 5.32 Å². The van der Waals surface area contributed by atoms with E-state index in [1.165, 1.54) is 11.3 Å². The standard InChI is InChI=1S/C22H15Cl2N5O2S/c1-2-19-26-27-22-29(19)28-21(32-22)12-3-6-14(7-4-12)25-20(30)18-10-9-17(31-18)15-11-13(23)5-8-16(15)24/h3-11H,2H2,1H3,(H,25,30). The summed E-state index contributed by atoms with van der Waals surface area (Å²) in [4.78, 5) is 13.4. The molecule has 0 saturated carbocycles. The highest BCUT2D eigenvalue weighted by molar-refractivity contribution is 7.19. The molecule has 0 aliphatic rings. The molecule has 0 saturated heterocycles. The van der Waals surface area contributed by atoms with Gasteiger partial charge in [-0.05, 0) is 54.6 Å². The maximum absolute atomic E-state index is 12.6. The number of aryl methyl sites for hydroxylation is 1. The van der Waals surface area contributed by atoms with Crippen molar-refractivity contribution in [1.29, 1.82) is 0 Å². The lowest BCUT2D eigenvalue weighted by Crippen LogP contribution is -2.10. The van der Waals surface area contributed by atoms with Crippen LogP contribution in [0, 0.1) is 0 Å². The first-order chi connectivity index (χ1) is 15.5. The van der Waals surface area contributed by atoms with Crippen molar-refractivity contribution in [2.24, 2.45) is 0 Å². The number of fused-ring (bicyclic) bond motifs is 1. The summed E-state index contributed by atoms with van der Waals surface area (Å²) in [5.74, 6) is 1.09. The number of furan rings is 1. The summed E-state index contributed by atoms with van der Waals surface area (Å²) < 4.78 is 7.46. The number of hydrogen-bond donors (Lipinski definition) is 1. The molecule has 5 rings (SSSR count). The van der Waals surface area contributed by atoms with Gasteiger partial charge in [-0.1, -0.05) is 41.5 Å². The van der Waals surface area contributed by atoms with E-state index in [2.05, 4.69) is 20.6 Å². The first kappa shape index (κ1) is 20.7. The lowest BCUT2D eigenvalue weighted by atomic mass is 10.2. The van der Waals surface area contributed by atoms with Crippen LogP contribution in [-0.2, 0) is 6.42 Å². The van der Waals surface area contributed by atoms with Crippen molar-refractivity contribution in [2.45, 2.75) is 13.3 Å². The Hall–Kier alpha value is -3.20. The molecule has 0 aliphatic heterocycles. The monoisotopic (exact) mass is 483 g/mol. The molecule has 2 aromatic carbocycles. The minimum Gasteiger partial charge on any atom is -0.451 e. The van der Waals surface area contributed by atoms with E-state index in [-0.39, 0.29) is 11.7 Å². The van der Waals surface area contributed by atoms with E-state index in [0.29, 0.717) is 27.1 Å². The average molecular weight is 484 g/mol. The van der Waals surface area contributed by atoms with E-state index in [9.17, 15) is 4.79 Å². The maximum Gasteiger partial charge on any atom is 0.291 e. The van der Waals surface area contributed by atoms with Crippen LogP contribution in [0.3, 0.4) is 0 Å². The van der Waals surface area contributed by atoms with Gasteiger partial charge in [-0.3, -0.25) is 4.79 Å². The summed E-state index contributed by atoms with van der Waals surface area (Å²) in [5, 5.41) is 17.5. The Morgan fingerprint density at radius 1 is 1.09 bits per heavy atom. The molecule has 0 spiro atoms. The topological polar surface area (TPSA) is 85.3 Å². The van der Waals surface area contributed by atoms with Crippen LogP contribution in [0.2, 0.25) is 10.0 Å². The Labute approximate surface area is 196 Å². The van der Waals surface area contributed by atoms with Crippen molar-refractivity contribution in [1.82, 2.24) is 19.8 Å². The number of amides is 1. The number of rotatable bonds is 5. The van der Waals surface area contributed by atoms with Crippen LogP contribution in [0.25, 0.3) is 26.9 Å². The van der Waals surface area contributed by atoms with E-state index in [1.807, 2.05) is 31.2 Å². The van der Waals surface area contributed by atoms with E-state index >= 15 is 0 Å². The summed E-state index contributed by atoms with van der Waals surface area (Å²) in [6.07, 6.45) is 0.757. The summed E-state index contributed by atoms with van der Waals surface area (Å²) in [5.41, 5.74) is 2.19. The van der Waals surface area contributed by atoms with E-state index in [4.69, 9.17) is 27.6 Å².